The molecule has 3 aromatic rings. The summed E-state index contributed by atoms with van der Waals surface area (Å²) in [4.78, 5) is 12.8. The zero-order chi connectivity index (χ0) is 22.7. The number of nitrogens with one attached hydrogen (secondary N) is 1. The Labute approximate surface area is 193 Å². The largest absolute Gasteiger partial charge is 0.495 e. The molecular weight excluding hydrogens is 448 g/mol. The molecule has 8 heteroatoms. The highest BCUT2D eigenvalue weighted by atomic mass is 35.5. The number of amides is 1. The van der Waals surface area contributed by atoms with Crippen LogP contribution in [-0.2, 0) is 21.4 Å². The Morgan fingerprint density at radius 1 is 1.09 bits per heavy atom. The van der Waals surface area contributed by atoms with Crippen LogP contribution < -0.4 is 10.1 Å². The molecule has 0 aliphatic carbocycles. The number of benzene rings is 3. The van der Waals surface area contributed by atoms with E-state index < -0.39 is 10.0 Å². The molecule has 1 aliphatic rings. The third kappa shape index (κ3) is 4.60. The summed E-state index contributed by atoms with van der Waals surface area (Å²) in [6.45, 7) is 0.979. The summed E-state index contributed by atoms with van der Waals surface area (Å²) in [7, 11) is -2.34. The molecule has 1 amide bonds. The molecule has 1 heterocycles. The lowest BCUT2D eigenvalue weighted by Crippen LogP contribution is -2.42. The Morgan fingerprint density at radius 2 is 1.81 bits per heavy atom. The second-order valence-electron chi connectivity index (χ2n) is 7.83. The Kier molecular flexibility index (Phi) is 6.69. The molecule has 1 saturated heterocycles. The summed E-state index contributed by atoms with van der Waals surface area (Å²) >= 11 is 6.01. The van der Waals surface area contributed by atoms with Crippen molar-refractivity contribution in [2.24, 2.45) is 5.92 Å². The van der Waals surface area contributed by atoms with Gasteiger partial charge in [0.05, 0.1) is 7.11 Å². The predicted octanol–water partition coefficient (Wildman–Crippen LogP) is 4.22. The highest BCUT2D eigenvalue weighted by molar-refractivity contribution is 7.89. The average molecular weight is 473 g/mol. The van der Waals surface area contributed by atoms with Gasteiger partial charge >= 0.3 is 0 Å². The summed E-state index contributed by atoms with van der Waals surface area (Å²) in [6, 6.07) is 18.6. The topological polar surface area (TPSA) is 75.7 Å². The molecule has 6 nitrogen and oxygen atoms in total. The molecule has 1 aliphatic heterocycles. The molecule has 0 aromatic heterocycles. The highest BCUT2D eigenvalue weighted by Gasteiger charge is 2.33. The summed E-state index contributed by atoms with van der Waals surface area (Å²) < 4.78 is 32.8. The van der Waals surface area contributed by atoms with E-state index in [1.807, 2.05) is 42.5 Å². The first-order chi connectivity index (χ1) is 15.4. The zero-order valence-electron chi connectivity index (χ0n) is 17.8. The van der Waals surface area contributed by atoms with E-state index in [1.165, 1.54) is 17.5 Å². The summed E-state index contributed by atoms with van der Waals surface area (Å²) in [5.74, 6) is -0.0163. The molecule has 168 valence electrons. The maximum absolute atomic E-state index is 13.1. The lowest BCUT2D eigenvalue weighted by molar-refractivity contribution is -0.126. The molecule has 0 atom stereocenters. The number of hydrogen-bond donors (Lipinski definition) is 1. The van der Waals surface area contributed by atoms with Crippen molar-refractivity contribution in [1.29, 1.82) is 0 Å². The number of nitrogens with zero attached hydrogens (tertiary/aromatic N) is 1. The van der Waals surface area contributed by atoms with Gasteiger partial charge < -0.3 is 10.1 Å². The molecule has 1 fully saturated rings. The van der Waals surface area contributed by atoms with Crippen LogP contribution in [-0.4, -0.2) is 38.8 Å². The number of sulfonamides is 1. The number of rotatable bonds is 6. The molecule has 0 spiro atoms. The van der Waals surface area contributed by atoms with E-state index in [2.05, 4.69) is 5.32 Å². The van der Waals surface area contributed by atoms with Crippen LogP contribution in [0.15, 0.2) is 65.6 Å². The minimum Gasteiger partial charge on any atom is -0.495 e. The molecule has 0 saturated carbocycles. The number of hydrogen-bond acceptors (Lipinski definition) is 4. The first kappa shape index (κ1) is 22.6. The predicted molar refractivity (Wildman–Crippen MR) is 125 cm³/mol. The highest BCUT2D eigenvalue weighted by Crippen LogP contribution is 2.32. The Balaban J connectivity index is 1.39. The van der Waals surface area contributed by atoms with Crippen LogP contribution in [0.25, 0.3) is 10.8 Å². The third-order valence-corrected chi connectivity index (χ3v) is 8.06. The lowest BCUT2D eigenvalue weighted by atomic mass is 9.97. The minimum absolute atomic E-state index is 0.0460. The van der Waals surface area contributed by atoms with Crippen LogP contribution in [0.3, 0.4) is 0 Å². The van der Waals surface area contributed by atoms with Crippen LogP contribution in [0.5, 0.6) is 5.75 Å². The fourth-order valence-electron chi connectivity index (χ4n) is 4.12. The monoisotopic (exact) mass is 472 g/mol. The molecule has 32 heavy (non-hydrogen) atoms. The van der Waals surface area contributed by atoms with E-state index in [0.29, 0.717) is 24.4 Å². The van der Waals surface area contributed by atoms with Gasteiger partial charge in [-0.1, -0.05) is 54.1 Å². The summed E-state index contributed by atoms with van der Waals surface area (Å²) in [6.07, 6.45) is 0.924. The lowest BCUT2D eigenvalue weighted by Gasteiger charge is -2.31. The molecule has 1 N–H and O–H groups in total. The number of carbonyl (C=O) groups is 1. The van der Waals surface area contributed by atoms with Gasteiger partial charge in [-0.15, -0.1) is 0 Å². The second kappa shape index (κ2) is 9.48. The molecule has 4 rings (SSSR count). The maximum Gasteiger partial charge on any atom is 0.246 e. The van der Waals surface area contributed by atoms with Gasteiger partial charge in [-0.05, 0) is 47.4 Å². The quantitative estimate of drug-likeness (QED) is 0.582. The standard InChI is InChI=1S/C24H25ClN2O4S/c1-31-22-10-9-20(25)15-23(22)32(29,30)27-13-11-18(12-14-27)24(28)26-16-19-7-4-6-17-5-2-3-8-21(17)19/h2-10,15,18H,11-14,16H2,1H3,(H,26,28). The molecule has 0 unspecified atom stereocenters. The first-order valence-corrected chi connectivity index (χ1v) is 12.3. The van der Waals surface area contributed by atoms with Crippen molar-refractivity contribution in [3.05, 3.63) is 71.2 Å². The van der Waals surface area contributed by atoms with Crippen LogP contribution in [0.1, 0.15) is 18.4 Å². The number of piperidine rings is 1. The van der Waals surface area contributed by atoms with Gasteiger partial charge in [0.2, 0.25) is 15.9 Å². The van der Waals surface area contributed by atoms with Crippen LogP contribution in [0.4, 0.5) is 0 Å². The zero-order valence-corrected chi connectivity index (χ0v) is 19.3. The van der Waals surface area contributed by atoms with Crippen LogP contribution in [0.2, 0.25) is 5.02 Å². The van der Waals surface area contributed by atoms with Crippen molar-refractivity contribution in [1.82, 2.24) is 9.62 Å². The van der Waals surface area contributed by atoms with E-state index >= 15 is 0 Å². The van der Waals surface area contributed by atoms with Gasteiger partial charge in [0.25, 0.3) is 0 Å². The molecule has 3 aromatic carbocycles. The SMILES string of the molecule is COc1ccc(Cl)cc1S(=O)(=O)N1CCC(C(=O)NCc2cccc3ccccc23)CC1. The van der Waals surface area contributed by atoms with E-state index in [4.69, 9.17) is 16.3 Å². The number of methoxy groups -OCH3 is 1. The normalized spacial score (nSPS) is 15.6. The van der Waals surface area contributed by atoms with Gasteiger partial charge in [0, 0.05) is 30.6 Å². The Bertz CT molecular complexity index is 1230. The van der Waals surface area contributed by atoms with Crippen molar-refractivity contribution in [3.8, 4) is 5.75 Å². The van der Waals surface area contributed by atoms with E-state index in [0.717, 1.165) is 16.3 Å². The Morgan fingerprint density at radius 3 is 2.56 bits per heavy atom. The Hall–Kier alpha value is -2.61. The molecule has 0 bridgehead atoms. The van der Waals surface area contributed by atoms with Crippen LogP contribution >= 0.6 is 11.6 Å². The number of fused-ring (bicyclic) bond motifs is 1. The first-order valence-electron chi connectivity index (χ1n) is 10.5. The third-order valence-electron chi connectivity index (χ3n) is 5.90. The van der Waals surface area contributed by atoms with Gasteiger partial charge in [0.15, 0.2) is 0 Å². The van der Waals surface area contributed by atoms with E-state index in [9.17, 15) is 13.2 Å². The van der Waals surface area contributed by atoms with Crippen molar-refractivity contribution in [2.45, 2.75) is 24.3 Å². The molecular formula is C24H25ClN2O4S. The van der Waals surface area contributed by atoms with Crippen molar-refractivity contribution in [3.63, 3.8) is 0 Å². The van der Waals surface area contributed by atoms with Gasteiger partial charge in [-0.3, -0.25) is 4.79 Å². The van der Waals surface area contributed by atoms with E-state index in [-0.39, 0.29) is 35.6 Å². The van der Waals surface area contributed by atoms with Crippen molar-refractivity contribution in [2.75, 3.05) is 20.2 Å². The maximum atomic E-state index is 13.1. The minimum atomic E-state index is -3.76. The van der Waals surface area contributed by atoms with Crippen molar-refractivity contribution < 1.29 is 17.9 Å². The van der Waals surface area contributed by atoms with E-state index in [1.54, 1.807) is 12.1 Å². The van der Waals surface area contributed by atoms with Crippen molar-refractivity contribution >= 4 is 38.3 Å². The summed E-state index contributed by atoms with van der Waals surface area (Å²) in [5, 5.41) is 5.60. The van der Waals surface area contributed by atoms with Gasteiger partial charge in [0.1, 0.15) is 10.6 Å². The fourth-order valence-corrected chi connectivity index (χ4v) is 6.01. The number of halogens is 1. The second-order valence-corrected chi connectivity index (χ2v) is 10.2. The van der Waals surface area contributed by atoms with Gasteiger partial charge in [-0.2, -0.15) is 4.31 Å². The molecule has 0 radical (unpaired) electrons. The van der Waals surface area contributed by atoms with Crippen LogP contribution in [0, 0.1) is 5.92 Å². The smallest absolute Gasteiger partial charge is 0.246 e. The fraction of sp³-hybridized carbons (Fsp3) is 0.292. The average Bonchev–Trinajstić information content (AvgIpc) is 2.82. The van der Waals surface area contributed by atoms with Gasteiger partial charge in [-0.25, -0.2) is 8.42 Å². The number of carbonyl (C=O) groups excluding carboxylic acids is 1. The number of ether oxygens (including phenoxy) is 1. The summed E-state index contributed by atoms with van der Waals surface area (Å²) in [5.41, 5.74) is 1.06.